The fraction of sp³-hybridized carbons (Fsp3) is 0.333. The summed E-state index contributed by atoms with van der Waals surface area (Å²) in [5.74, 6) is 0.297. The molecule has 4 nitrogen and oxygen atoms in total. The Balaban J connectivity index is 1.53. The lowest BCUT2D eigenvalue weighted by atomic mass is 9.97. The van der Waals surface area contributed by atoms with Gasteiger partial charge in [0, 0.05) is 53.7 Å². The Hall–Kier alpha value is -2.65. The fourth-order valence-electron chi connectivity index (χ4n) is 3.83. The van der Waals surface area contributed by atoms with E-state index in [1.807, 2.05) is 4.90 Å². The van der Waals surface area contributed by atoms with Crippen LogP contribution in [0.4, 0.5) is 23.2 Å². The van der Waals surface area contributed by atoms with Crippen molar-refractivity contribution in [2.24, 2.45) is 16.1 Å². The van der Waals surface area contributed by atoms with E-state index in [4.69, 9.17) is 0 Å². The van der Waals surface area contributed by atoms with Crippen molar-refractivity contribution in [1.82, 2.24) is 4.31 Å². The molecule has 0 aromatic heterocycles. The molecule has 0 aliphatic carbocycles. The first kappa shape index (κ1) is 23.5. The lowest BCUT2D eigenvalue weighted by Crippen LogP contribution is -2.46. The van der Waals surface area contributed by atoms with Gasteiger partial charge in [0.05, 0.1) is 12.3 Å². The summed E-state index contributed by atoms with van der Waals surface area (Å²) in [6, 6.07) is 10.7. The average Bonchev–Trinajstić information content (AvgIpc) is 3.25. The van der Waals surface area contributed by atoms with Crippen LogP contribution >= 0.6 is 11.9 Å². The lowest BCUT2D eigenvalue weighted by molar-refractivity contribution is 0.224. The van der Waals surface area contributed by atoms with Crippen molar-refractivity contribution < 1.29 is 17.6 Å². The van der Waals surface area contributed by atoms with Gasteiger partial charge in [-0.25, -0.2) is 21.9 Å². The summed E-state index contributed by atoms with van der Waals surface area (Å²) in [4.78, 5) is 1.84. The van der Waals surface area contributed by atoms with Crippen LogP contribution in [0.25, 0.3) is 0 Å². The van der Waals surface area contributed by atoms with Crippen LogP contribution in [0, 0.1) is 17.6 Å². The molecule has 9 heteroatoms. The molecule has 2 heterocycles. The van der Waals surface area contributed by atoms with Crippen LogP contribution in [0.1, 0.15) is 24.5 Å². The predicted molar refractivity (Wildman–Crippen MR) is 126 cm³/mol. The van der Waals surface area contributed by atoms with Crippen molar-refractivity contribution in [2.45, 2.75) is 26.3 Å². The second-order valence-corrected chi connectivity index (χ2v) is 9.29. The molecular formula is C24H24F4N4S. The van der Waals surface area contributed by atoms with Gasteiger partial charge >= 0.3 is 0 Å². The van der Waals surface area contributed by atoms with Gasteiger partial charge in [0.25, 0.3) is 6.43 Å². The summed E-state index contributed by atoms with van der Waals surface area (Å²) in [5.41, 5.74) is 2.19. The number of benzene rings is 2. The molecule has 0 amide bonds. The van der Waals surface area contributed by atoms with Gasteiger partial charge in [0.1, 0.15) is 17.3 Å². The van der Waals surface area contributed by atoms with Crippen LogP contribution in [0.2, 0.25) is 0 Å². The molecule has 0 spiro atoms. The van der Waals surface area contributed by atoms with Crippen LogP contribution in [0.15, 0.2) is 64.9 Å². The Morgan fingerprint density at radius 2 is 1.97 bits per heavy atom. The van der Waals surface area contributed by atoms with Crippen molar-refractivity contribution in [1.29, 1.82) is 0 Å². The number of hydrogen-bond acceptors (Lipinski definition) is 5. The highest BCUT2D eigenvalue weighted by Crippen LogP contribution is 2.34. The first-order valence-electron chi connectivity index (χ1n) is 10.7. The third-order valence-corrected chi connectivity index (χ3v) is 6.63. The van der Waals surface area contributed by atoms with Crippen LogP contribution in [-0.2, 0) is 6.54 Å². The molecule has 0 bridgehead atoms. The second-order valence-electron chi connectivity index (χ2n) is 7.94. The first-order valence-corrected chi connectivity index (χ1v) is 11.6. The van der Waals surface area contributed by atoms with Gasteiger partial charge in [-0.15, -0.1) is 0 Å². The molecule has 0 N–H and O–H groups in total. The zero-order chi connectivity index (χ0) is 23.5. The molecule has 33 heavy (non-hydrogen) atoms. The molecule has 174 valence electrons. The summed E-state index contributed by atoms with van der Waals surface area (Å²) in [7, 11) is 0. The van der Waals surface area contributed by atoms with Crippen molar-refractivity contribution in [3.8, 4) is 0 Å². The van der Waals surface area contributed by atoms with Crippen LogP contribution < -0.4 is 4.90 Å². The Morgan fingerprint density at radius 3 is 2.61 bits per heavy atom. The van der Waals surface area contributed by atoms with Crippen molar-refractivity contribution >= 4 is 29.1 Å². The molecule has 0 saturated carbocycles. The van der Waals surface area contributed by atoms with E-state index in [9.17, 15) is 13.2 Å². The normalized spacial score (nSPS) is 16.5. The van der Waals surface area contributed by atoms with Gasteiger partial charge < -0.3 is 4.90 Å². The van der Waals surface area contributed by atoms with E-state index in [0.717, 1.165) is 24.5 Å². The molecule has 2 aliphatic rings. The highest BCUT2D eigenvalue weighted by Gasteiger charge is 2.32. The predicted octanol–water partition coefficient (Wildman–Crippen LogP) is 5.90. The minimum absolute atomic E-state index is 0.101. The van der Waals surface area contributed by atoms with Crippen molar-refractivity contribution in [3.63, 3.8) is 0 Å². The van der Waals surface area contributed by atoms with E-state index >= 15 is 4.39 Å². The molecule has 0 unspecified atom stereocenters. The molecule has 2 aromatic carbocycles. The van der Waals surface area contributed by atoms with Gasteiger partial charge in [0.15, 0.2) is 0 Å². The van der Waals surface area contributed by atoms with E-state index in [1.54, 1.807) is 36.2 Å². The van der Waals surface area contributed by atoms with Gasteiger partial charge in [-0.05, 0) is 24.3 Å². The molecule has 1 fully saturated rings. The van der Waals surface area contributed by atoms with E-state index < -0.39 is 12.2 Å². The summed E-state index contributed by atoms with van der Waals surface area (Å²) in [5, 5.41) is 7.27. The van der Waals surface area contributed by atoms with Gasteiger partial charge in [0.2, 0.25) is 0 Å². The lowest BCUT2D eigenvalue weighted by Gasteiger charge is -2.42. The number of anilines is 1. The molecular weight excluding hydrogens is 452 g/mol. The molecule has 0 atom stereocenters. The number of alkyl halides is 2. The highest BCUT2D eigenvalue weighted by atomic mass is 32.2. The Bertz CT molecular complexity index is 1100. The van der Waals surface area contributed by atoms with Crippen LogP contribution in [-0.4, -0.2) is 41.0 Å². The fourth-order valence-corrected chi connectivity index (χ4v) is 4.77. The SMILES string of the molecule is C=C(C1CN(SCC)C1)N(Cc1ccc(C2=NN=C(C(F)F)C2)cc1F)c1cccc(F)c1. The largest absolute Gasteiger partial charge is 0.341 e. The minimum Gasteiger partial charge on any atom is -0.341 e. The number of hydrogen-bond donors (Lipinski definition) is 0. The van der Waals surface area contributed by atoms with E-state index in [1.165, 1.54) is 18.2 Å². The summed E-state index contributed by atoms with van der Waals surface area (Å²) in [6.45, 7) is 8.17. The first-order chi connectivity index (χ1) is 15.9. The Labute approximate surface area is 194 Å². The maximum atomic E-state index is 15.1. The van der Waals surface area contributed by atoms with Crippen LogP contribution in [0.3, 0.4) is 0 Å². The monoisotopic (exact) mass is 476 g/mol. The van der Waals surface area contributed by atoms with Gasteiger partial charge in [-0.2, -0.15) is 10.2 Å². The maximum absolute atomic E-state index is 15.1. The summed E-state index contributed by atoms with van der Waals surface area (Å²) < 4.78 is 56.9. The summed E-state index contributed by atoms with van der Waals surface area (Å²) >= 11 is 1.76. The third-order valence-electron chi connectivity index (χ3n) is 5.71. The summed E-state index contributed by atoms with van der Waals surface area (Å²) in [6.07, 6.45) is -2.78. The quantitative estimate of drug-likeness (QED) is 0.334. The molecule has 4 rings (SSSR count). The standard InChI is InChI=1S/C24H24F4N4S/c1-3-33-31-12-18(13-31)15(2)32(20-6-4-5-19(25)10-20)14-17-8-7-16(9-21(17)26)22-11-23(24(27)28)30-29-22/h4-10,18,24H,2-3,11-14H2,1H3. The third kappa shape index (κ3) is 5.30. The smallest absolute Gasteiger partial charge is 0.278 e. The van der Waals surface area contributed by atoms with E-state index in [0.29, 0.717) is 22.5 Å². The maximum Gasteiger partial charge on any atom is 0.278 e. The Kier molecular flexibility index (Phi) is 7.19. The van der Waals surface area contributed by atoms with Gasteiger partial charge in [-0.3, -0.25) is 0 Å². The zero-order valence-electron chi connectivity index (χ0n) is 18.1. The number of rotatable bonds is 9. The minimum atomic E-state index is -2.68. The second kappa shape index (κ2) is 10.1. The number of nitrogens with zero attached hydrogens (tertiary/aromatic N) is 4. The topological polar surface area (TPSA) is 31.2 Å². The number of halogens is 4. The van der Waals surface area contributed by atoms with Crippen molar-refractivity contribution in [3.05, 3.63) is 77.5 Å². The molecule has 2 aromatic rings. The highest BCUT2D eigenvalue weighted by molar-refractivity contribution is 7.97. The molecule has 1 saturated heterocycles. The zero-order valence-corrected chi connectivity index (χ0v) is 19.0. The Morgan fingerprint density at radius 1 is 1.18 bits per heavy atom. The van der Waals surface area contributed by atoms with E-state index in [2.05, 4.69) is 28.0 Å². The molecule has 2 aliphatic heterocycles. The average molecular weight is 477 g/mol. The van der Waals surface area contributed by atoms with Crippen LogP contribution in [0.5, 0.6) is 0 Å². The van der Waals surface area contributed by atoms with Gasteiger partial charge in [-0.1, -0.05) is 43.6 Å². The van der Waals surface area contributed by atoms with E-state index in [-0.39, 0.29) is 30.4 Å². The molecule has 0 radical (unpaired) electrons. The van der Waals surface area contributed by atoms with Crippen molar-refractivity contribution in [2.75, 3.05) is 23.7 Å².